The maximum absolute atomic E-state index is 13.6. The van der Waals surface area contributed by atoms with E-state index in [1.807, 2.05) is 32.9 Å². The molecule has 3 fully saturated rings. The molecule has 3 saturated heterocycles. The first kappa shape index (κ1) is 79.0. The smallest absolute Gasteiger partial charge is 0.472 e. The number of unbranched alkanes of at least 4 members (excludes halogenated alkanes) is 2. The maximum atomic E-state index is 13.6. The van der Waals surface area contributed by atoms with E-state index >= 15 is 0 Å². The SMILES string of the molecule is CC.CCCCOc1cccc2c1Nc1nc(=O)n([C@H]3C[C@@H](O)[C@@H](CO)O3)cc1O2.[2H]C.[2H]C([3H])OC[C@H]1O[C@@H](n2cc3c(nc2=O)N(C(=O)C(F)(F)F)c2c(OCCCC)cccc2O3)C[C@H]1O.[2H]C([3H])OC[C@H]1O[C@@H](n2cc3c(nc2=O)N(C(=O)C(F)(F)F)c2c(OCCCN)cccc2O3)C[C@H]1O.[3H]C.[Ac].[Ac]. The van der Waals surface area contributed by atoms with Gasteiger partial charge in [-0.1, -0.05) is 73.5 Å². The number of ether oxygens (including phenoxy) is 11. The van der Waals surface area contributed by atoms with E-state index in [9.17, 15) is 70.7 Å². The summed E-state index contributed by atoms with van der Waals surface area (Å²) in [6, 6.07) is 13.8. The van der Waals surface area contributed by atoms with Crippen molar-refractivity contribution in [3.8, 4) is 51.7 Å². The number of rotatable bonds is 20. The van der Waals surface area contributed by atoms with E-state index in [0.717, 1.165) is 40.8 Å². The summed E-state index contributed by atoms with van der Waals surface area (Å²) in [5.74, 6) is -5.24. The van der Waals surface area contributed by atoms with Gasteiger partial charge in [0.2, 0.25) is 0 Å². The Kier molecular flexibility index (Phi) is 30.1. The van der Waals surface area contributed by atoms with E-state index in [4.69, 9.17) is 66.1 Å². The molecule has 0 saturated carbocycles. The topological polar surface area (TPSA) is 366 Å². The number of hydrogen-bond donors (Lipinski definition) is 6. The van der Waals surface area contributed by atoms with Crippen LogP contribution in [0.5, 0.6) is 51.7 Å². The molecule has 9 heterocycles. The molecule has 104 heavy (non-hydrogen) atoms. The summed E-state index contributed by atoms with van der Waals surface area (Å²) in [7, 11) is -0.720. The third-order valence-electron chi connectivity index (χ3n) is 15.7. The molecule has 38 heteroatoms. The molecule has 2 amide bonds. The van der Waals surface area contributed by atoms with Crippen LogP contribution in [0.25, 0.3) is 0 Å². The number of aliphatic hydroxyl groups is 4. The molecule has 7 N–H and O–H groups in total. The monoisotopic (exact) mass is 1910 g/mol. The summed E-state index contributed by atoms with van der Waals surface area (Å²) in [6.07, 6.45) is -12.0. The second kappa shape index (κ2) is 39.7. The van der Waals surface area contributed by atoms with Gasteiger partial charge >= 0.3 is 41.2 Å². The fourth-order valence-corrected chi connectivity index (χ4v) is 10.8. The number of alkyl halides is 6. The van der Waals surface area contributed by atoms with Gasteiger partial charge in [0.1, 0.15) is 71.3 Å². The molecule has 30 nitrogen and oxygen atoms in total. The van der Waals surface area contributed by atoms with E-state index in [1.165, 1.54) is 62.0 Å². The van der Waals surface area contributed by atoms with Crippen LogP contribution in [0.2, 0.25) is 0 Å². The first-order valence-corrected chi connectivity index (χ1v) is 31.7. The minimum Gasteiger partial charge on any atom is -0.491 e. The number of aromatic nitrogens is 6. The number of nitrogens with zero attached hydrogens (tertiary/aromatic N) is 8. The number of aliphatic hydroxyl groups excluding tert-OH is 4. The van der Waals surface area contributed by atoms with Crippen molar-refractivity contribution in [2.24, 2.45) is 5.73 Å². The standard InChI is InChI=1S/C22H24F3N3O7.C21H23F3N4O7.C19H23N3O6.C2H6.2CH4.2Ac/c1-3-4-8-33-13-6-5-7-14-18(13)28(20(30)22(23,24)25)19-15(34-14)10-27(21(31)26-19)17-9-12(29)16(35-17)11-32-2;1-32-10-15-11(29)8-16(35-15)27-9-14-18(26-20(27)31)28(19(30)21(22,23)24)17-12(33-7-3-6-25)4-2-5-13(17)34-14;1-2-3-7-26-12-5-4-6-13-17(12)20-18-14(27-13)9-22(19(25)21-18)16-8-11(24)15(10-23)28-16;1-2;;;;/h5-7,10,12,16-17,29H,3-4,8-9,11H2,1-2H3;2,4-5,9,11,15-16,29H,3,6-8,10,25H2,1H3;4-6,9,11,15-16,23-24H,2-3,7-8,10H2,1H3,(H,20,21,25);1-2H3;2*1H4;;/t12-,16-,17-;2*11-,15-,16-;;;;;/m111...../s1/i2TD;1TD;;;1T;1D;;/t2?,12-,16-,17-;1?,11-,15-,16-;;;;;;. The van der Waals surface area contributed by atoms with Crippen LogP contribution in [0.3, 0.4) is 0 Å². The number of fused-ring (bicyclic) bond motifs is 6. The summed E-state index contributed by atoms with van der Waals surface area (Å²) in [4.78, 5) is 75.2. The number of anilines is 6. The number of hydrogen-bond acceptors (Lipinski definition) is 25. The minimum absolute atomic E-state index is 0. The van der Waals surface area contributed by atoms with Gasteiger partial charge in [-0.05, 0) is 62.2 Å². The predicted molar refractivity (Wildman–Crippen MR) is 354 cm³/mol. The van der Waals surface area contributed by atoms with E-state index in [2.05, 4.69) is 27.2 Å². The molecule has 0 aliphatic carbocycles. The minimum atomic E-state index is -5.33. The van der Waals surface area contributed by atoms with Crippen LogP contribution >= 0.6 is 0 Å². The zero-order valence-corrected chi connectivity index (χ0v) is 66.8. The molecule has 3 aromatic carbocycles. The maximum Gasteiger partial charge on any atom is 0.472 e. The van der Waals surface area contributed by atoms with Crippen LogP contribution in [0, 0.1) is 88.1 Å². The van der Waals surface area contributed by atoms with Crippen LogP contribution in [-0.4, -0.2) is 170 Å². The van der Waals surface area contributed by atoms with Crippen molar-refractivity contribution >= 4 is 46.3 Å². The van der Waals surface area contributed by atoms with Gasteiger partial charge in [-0.25, -0.2) is 24.2 Å². The fraction of sp³-hybridized carbons (Fsp3) is 0.515. The fourth-order valence-electron chi connectivity index (χ4n) is 10.8. The first-order chi connectivity index (χ1) is 51.6. The number of methoxy groups -OCH3 is 2. The van der Waals surface area contributed by atoms with Crippen molar-refractivity contribution in [3.63, 3.8) is 0 Å². The molecule has 6 aromatic rings. The van der Waals surface area contributed by atoms with Crippen LogP contribution in [0.4, 0.5) is 60.9 Å². The molecule has 3 aromatic heterocycles. The molecular weight excluding hydrogens is 1820 g/mol. The van der Waals surface area contributed by atoms with Gasteiger partial charge in [-0.15, -0.1) is 0 Å². The van der Waals surface area contributed by atoms with Gasteiger partial charge < -0.3 is 83.6 Å². The van der Waals surface area contributed by atoms with Crippen molar-refractivity contribution in [3.05, 3.63) is 105 Å². The van der Waals surface area contributed by atoms with E-state index in [-0.39, 0.29) is 208 Å². The Balaban J connectivity index is 0.000000285. The number of amides is 2. The van der Waals surface area contributed by atoms with Crippen molar-refractivity contribution in [1.29, 1.82) is 0 Å². The Hall–Kier alpha value is -6.10. The Morgan fingerprint density at radius 2 is 0.990 bits per heavy atom. The van der Waals surface area contributed by atoms with Gasteiger partial charge in [0, 0.05) is 124 Å². The molecule has 0 bridgehead atoms. The number of nitrogens with two attached hydrogens (primary N) is 1. The average molecular weight is 1910 g/mol. The Morgan fingerprint density at radius 3 is 1.39 bits per heavy atom. The molecular formula is C66H84Ac2F6N10O20. The Bertz CT molecular complexity index is 4000. The third-order valence-corrected chi connectivity index (χ3v) is 15.7. The molecule has 11 atom stereocenters. The van der Waals surface area contributed by atoms with Crippen LogP contribution < -0.4 is 66.3 Å². The van der Waals surface area contributed by atoms with Crippen molar-refractivity contribution in [1.82, 2.24) is 28.7 Å². The zero-order valence-electron chi connectivity index (χ0n) is 63.3. The van der Waals surface area contributed by atoms with Crippen molar-refractivity contribution in [2.45, 2.75) is 162 Å². The van der Waals surface area contributed by atoms with Gasteiger partial charge in [0.05, 0.1) is 82.0 Å². The van der Waals surface area contributed by atoms with Gasteiger partial charge in [-0.2, -0.15) is 41.3 Å². The number of nitrogens with one attached hydrogen (secondary N) is 1. The van der Waals surface area contributed by atoms with E-state index < -0.39 is 122 Å². The number of carbonyl (C=O) groups excluding carboxylic acids is 2. The second-order valence-electron chi connectivity index (χ2n) is 22.5. The number of carbonyl (C=O) groups is 2. The van der Waals surface area contributed by atoms with Crippen molar-refractivity contribution < 1.29 is 205 Å². The number of halogens is 6. The third kappa shape index (κ3) is 20.2. The first-order valence-electron chi connectivity index (χ1n) is 36.0. The molecule has 6 aliphatic rings. The van der Waals surface area contributed by atoms with E-state index in [1.54, 1.807) is 6.07 Å². The van der Waals surface area contributed by atoms with Gasteiger partial charge in [0.25, 0.3) is 0 Å². The van der Waals surface area contributed by atoms with Crippen LogP contribution in [0.1, 0.15) is 121 Å². The quantitative estimate of drug-likeness (QED) is 0.0306. The predicted octanol–water partition coefficient (Wildman–Crippen LogP) is 8.86. The largest absolute Gasteiger partial charge is 0.491 e. The summed E-state index contributed by atoms with van der Waals surface area (Å²) in [5, 5.41) is 42.7. The van der Waals surface area contributed by atoms with Crippen molar-refractivity contribution in [2.75, 3.05) is 75.4 Å². The van der Waals surface area contributed by atoms with Gasteiger partial charge in [0.15, 0.2) is 52.0 Å². The molecule has 2 unspecified atom stereocenters. The summed E-state index contributed by atoms with van der Waals surface area (Å²) >= 11 is 0. The zero-order chi connectivity index (χ0) is 79.5. The van der Waals surface area contributed by atoms with Crippen LogP contribution in [-0.2, 0) is 33.3 Å². The number of para-hydroxylation sites is 3. The summed E-state index contributed by atoms with van der Waals surface area (Å²) in [6.45, 7) is 8.16. The molecule has 2 radical (unpaired) electrons. The molecule has 12 rings (SSSR count). The summed E-state index contributed by atoms with van der Waals surface area (Å²) in [5.41, 5.74) is 2.68. The Morgan fingerprint density at radius 1 is 0.615 bits per heavy atom. The molecule has 566 valence electrons. The number of benzene rings is 3. The van der Waals surface area contributed by atoms with Crippen LogP contribution in [0.15, 0.2) is 87.6 Å². The van der Waals surface area contributed by atoms with Gasteiger partial charge in [-0.3, -0.25) is 23.3 Å². The average Bonchev–Trinajstić information content (AvgIpc) is 0.861. The molecule has 6 aliphatic heterocycles. The second-order valence-corrected chi connectivity index (χ2v) is 22.5. The van der Waals surface area contributed by atoms with E-state index in [0.29, 0.717) is 42.4 Å². The Labute approximate surface area is 673 Å². The summed E-state index contributed by atoms with van der Waals surface area (Å²) < 4.78 is 185. The molecule has 0 spiro atoms. The normalized spacial score (nSPS) is 21.8.